The van der Waals surface area contributed by atoms with Crippen molar-refractivity contribution in [3.05, 3.63) is 130 Å². The first kappa shape index (κ1) is 25.2. The van der Waals surface area contributed by atoms with Crippen molar-refractivity contribution in [1.82, 2.24) is 0 Å². The summed E-state index contributed by atoms with van der Waals surface area (Å²) in [4.78, 5) is 4.91. The summed E-state index contributed by atoms with van der Waals surface area (Å²) in [6.07, 6.45) is 7.29. The molecule has 0 aromatic heterocycles. The van der Waals surface area contributed by atoms with Gasteiger partial charge in [0.25, 0.3) is 0 Å². The molecule has 5 aromatic carbocycles. The van der Waals surface area contributed by atoms with E-state index in [1.165, 1.54) is 89.0 Å². The van der Waals surface area contributed by atoms with E-state index in [2.05, 4.69) is 149 Å². The number of aryl methyl sites for hydroxylation is 4. The molecule has 1 aliphatic carbocycles. The largest absolute Gasteiger partial charge is 0.367 e. The summed E-state index contributed by atoms with van der Waals surface area (Å²) in [6, 6.07) is 30.4. The lowest BCUT2D eigenvalue weighted by atomic mass is 9.82. The smallest absolute Gasteiger partial charge is 0.0583 e. The summed E-state index contributed by atoms with van der Waals surface area (Å²) in [5.41, 5.74) is 18.4. The molecule has 2 heteroatoms. The van der Waals surface area contributed by atoms with E-state index in [0.717, 1.165) is 0 Å². The lowest BCUT2D eigenvalue weighted by molar-refractivity contribution is 0.727. The van der Waals surface area contributed by atoms with Crippen molar-refractivity contribution in [2.24, 2.45) is 0 Å². The molecule has 2 nitrogen and oxygen atoms in total. The molecular formula is C40H36N2. The summed E-state index contributed by atoms with van der Waals surface area (Å²) >= 11 is 0. The monoisotopic (exact) mass is 544 g/mol. The van der Waals surface area contributed by atoms with Crippen LogP contribution in [-0.4, -0.2) is 20.1 Å². The van der Waals surface area contributed by atoms with Crippen LogP contribution in [0.1, 0.15) is 39.3 Å². The van der Waals surface area contributed by atoms with Crippen LogP contribution in [0.15, 0.2) is 97.1 Å². The topological polar surface area (TPSA) is 6.48 Å². The molecule has 5 aromatic rings. The third-order valence-electron chi connectivity index (χ3n) is 9.64. The fourth-order valence-corrected chi connectivity index (χ4v) is 7.87. The van der Waals surface area contributed by atoms with E-state index in [-0.39, 0.29) is 0 Å². The molecule has 206 valence electrons. The zero-order valence-corrected chi connectivity index (χ0v) is 25.3. The fourth-order valence-electron chi connectivity index (χ4n) is 7.87. The summed E-state index contributed by atoms with van der Waals surface area (Å²) < 4.78 is 0. The van der Waals surface area contributed by atoms with Gasteiger partial charge in [-0.05, 0) is 84.7 Å². The van der Waals surface area contributed by atoms with Crippen molar-refractivity contribution < 1.29 is 0 Å². The highest BCUT2D eigenvalue weighted by atomic mass is 15.2. The number of nitrogens with zero attached hydrogens (tertiary/aromatic N) is 2. The van der Waals surface area contributed by atoms with Crippen LogP contribution < -0.4 is 9.80 Å². The molecule has 0 saturated heterocycles. The van der Waals surface area contributed by atoms with E-state index in [4.69, 9.17) is 0 Å². The van der Waals surface area contributed by atoms with E-state index in [1.54, 1.807) is 0 Å². The van der Waals surface area contributed by atoms with Crippen LogP contribution in [0, 0.1) is 27.7 Å². The van der Waals surface area contributed by atoms with Crippen LogP contribution >= 0.6 is 0 Å². The highest BCUT2D eigenvalue weighted by Gasteiger charge is 2.39. The number of benzene rings is 5. The molecule has 42 heavy (non-hydrogen) atoms. The van der Waals surface area contributed by atoms with Gasteiger partial charge < -0.3 is 9.80 Å². The summed E-state index contributed by atoms with van der Waals surface area (Å²) in [5, 5.41) is 2.75. The number of fused-ring (bicyclic) bond motifs is 6. The van der Waals surface area contributed by atoms with Gasteiger partial charge in [-0.1, -0.05) is 101 Å². The molecule has 3 aliphatic rings. The van der Waals surface area contributed by atoms with Crippen LogP contribution in [0.3, 0.4) is 0 Å². The Morgan fingerprint density at radius 2 is 1.29 bits per heavy atom. The maximum absolute atomic E-state index is 2.51. The van der Waals surface area contributed by atoms with Crippen LogP contribution in [0.25, 0.3) is 38.6 Å². The first-order valence-corrected chi connectivity index (χ1v) is 15.0. The van der Waals surface area contributed by atoms with Gasteiger partial charge in [0.1, 0.15) is 0 Å². The number of likely N-dealkylation sites (N-methyl/N-ethyl adjacent to an activating group) is 1. The van der Waals surface area contributed by atoms with Crippen molar-refractivity contribution in [1.29, 1.82) is 0 Å². The zero-order chi connectivity index (χ0) is 28.9. The maximum atomic E-state index is 2.51. The van der Waals surface area contributed by atoms with Crippen molar-refractivity contribution in [3.8, 4) is 22.3 Å². The van der Waals surface area contributed by atoms with Crippen LogP contribution in [0.2, 0.25) is 0 Å². The average molecular weight is 545 g/mol. The highest BCUT2D eigenvalue weighted by Crippen LogP contribution is 2.55. The minimum atomic E-state index is 0.299. The Kier molecular flexibility index (Phi) is 5.37. The SMILES string of the molecule is Cc1cc(C)cc(C2=CC3C(C=C2)c2c(cc4c5c(cccc25)N(C)c2cc(-c5cc(C)cc(C)c5)ccc2-4)N3C)c1. The van der Waals surface area contributed by atoms with E-state index < -0.39 is 0 Å². The molecule has 2 aliphatic heterocycles. The third-order valence-corrected chi connectivity index (χ3v) is 9.64. The molecule has 0 bridgehead atoms. The molecule has 0 saturated carbocycles. The highest BCUT2D eigenvalue weighted by molar-refractivity contribution is 6.15. The molecule has 2 heterocycles. The second-order valence-corrected chi connectivity index (χ2v) is 12.7. The van der Waals surface area contributed by atoms with E-state index >= 15 is 0 Å². The Balaban J connectivity index is 1.29. The molecule has 0 radical (unpaired) electrons. The average Bonchev–Trinajstić information content (AvgIpc) is 3.25. The predicted octanol–water partition coefficient (Wildman–Crippen LogP) is 10.0. The molecule has 8 rings (SSSR count). The van der Waals surface area contributed by atoms with Gasteiger partial charge in [0.2, 0.25) is 0 Å². The van der Waals surface area contributed by atoms with E-state index in [0.29, 0.717) is 12.0 Å². The third kappa shape index (κ3) is 3.64. The van der Waals surface area contributed by atoms with Gasteiger partial charge in [0.15, 0.2) is 0 Å². The van der Waals surface area contributed by atoms with E-state index in [1.807, 2.05) is 0 Å². The van der Waals surface area contributed by atoms with Crippen molar-refractivity contribution in [2.45, 2.75) is 39.7 Å². The van der Waals surface area contributed by atoms with Gasteiger partial charge in [-0.3, -0.25) is 0 Å². The van der Waals surface area contributed by atoms with Gasteiger partial charge in [-0.15, -0.1) is 0 Å². The summed E-state index contributed by atoms with van der Waals surface area (Å²) in [5.74, 6) is 0.336. The van der Waals surface area contributed by atoms with Crippen LogP contribution in [-0.2, 0) is 0 Å². The Hall–Kier alpha value is -4.56. The quantitative estimate of drug-likeness (QED) is 0.218. The summed E-state index contributed by atoms with van der Waals surface area (Å²) in [7, 11) is 4.50. The lowest BCUT2D eigenvalue weighted by Gasteiger charge is -2.32. The molecular weight excluding hydrogens is 508 g/mol. The number of allylic oxidation sites excluding steroid dienone is 2. The minimum Gasteiger partial charge on any atom is -0.367 e. The Morgan fingerprint density at radius 1 is 0.595 bits per heavy atom. The first-order chi connectivity index (χ1) is 20.3. The number of hydrogen-bond acceptors (Lipinski definition) is 2. The molecule has 2 unspecified atom stereocenters. The van der Waals surface area contributed by atoms with Gasteiger partial charge >= 0.3 is 0 Å². The number of anilines is 3. The zero-order valence-electron chi connectivity index (χ0n) is 25.3. The van der Waals surface area contributed by atoms with Gasteiger partial charge in [-0.25, -0.2) is 0 Å². The van der Waals surface area contributed by atoms with Gasteiger partial charge in [0.05, 0.1) is 6.04 Å². The predicted molar refractivity (Wildman–Crippen MR) is 180 cm³/mol. The normalized spacial score (nSPS) is 18.2. The Bertz CT molecular complexity index is 1980. The first-order valence-electron chi connectivity index (χ1n) is 15.0. The maximum Gasteiger partial charge on any atom is 0.0583 e. The molecule has 2 atom stereocenters. The van der Waals surface area contributed by atoms with Crippen molar-refractivity contribution in [3.63, 3.8) is 0 Å². The summed E-state index contributed by atoms with van der Waals surface area (Å²) in [6.45, 7) is 8.75. The minimum absolute atomic E-state index is 0.299. The van der Waals surface area contributed by atoms with Crippen molar-refractivity contribution in [2.75, 3.05) is 23.9 Å². The second kappa shape index (κ2) is 8.97. The standard InChI is InChI=1S/C40H36N2/c1-23-14-24(2)17-29(16-23)27-10-12-31-34-22-38-39(33-8-7-9-35(40(33)34)41(5)36(31)20-27)32-13-11-28(21-37(32)42(38)6)30-18-25(3)15-26(4)19-30/h7-22,32,37H,1-6H3. The molecule has 0 amide bonds. The number of hydrogen-bond donors (Lipinski definition) is 0. The molecule has 0 fully saturated rings. The Labute approximate surface area is 249 Å². The lowest BCUT2D eigenvalue weighted by Crippen LogP contribution is -2.29. The fraction of sp³-hybridized carbons (Fsp3) is 0.200. The molecule has 0 spiro atoms. The van der Waals surface area contributed by atoms with Gasteiger partial charge in [-0.2, -0.15) is 0 Å². The number of rotatable bonds is 2. The van der Waals surface area contributed by atoms with Crippen LogP contribution in [0.4, 0.5) is 17.1 Å². The van der Waals surface area contributed by atoms with E-state index in [9.17, 15) is 0 Å². The van der Waals surface area contributed by atoms with Crippen LogP contribution in [0.5, 0.6) is 0 Å². The molecule has 0 N–H and O–H groups in total. The van der Waals surface area contributed by atoms with Gasteiger partial charge in [0, 0.05) is 48.0 Å². The Morgan fingerprint density at radius 3 is 2.00 bits per heavy atom. The van der Waals surface area contributed by atoms with Crippen molar-refractivity contribution >= 4 is 33.4 Å². The second-order valence-electron chi connectivity index (χ2n) is 12.7.